The molecule has 4 heteroatoms. The first-order valence-corrected chi connectivity index (χ1v) is 11.6. The summed E-state index contributed by atoms with van der Waals surface area (Å²) in [6.45, 7) is 2.87. The second kappa shape index (κ2) is 10.6. The van der Waals surface area contributed by atoms with Crippen molar-refractivity contribution in [1.29, 1.82) is 5.26 Å². The molecule has 4 aromatic rings. The molecule has 0 atom stereocenters. The molecule has 0 radical (unpaired) electrons. The van der Waals surface area contributed by atoms with Crippen LogP contribution in [0.15, 0.2) is 84.2 Å². The van der Waals surface area contributed by atoms with Crippen molar-refractivity contribution in [2.45, 2.75) is 19.8 Å². The molecule has 3 aromatic carbocycles. The fourth-order valence-electron chi connectivity index (χ4n) is 3.30. The number of rotatable bonds is 8. The molecule has 3 nitrogen and oxygen atoms in total. The number of nitrogens with zero attached hydrogens (tertiary/aromatic N) is 2. The van der Waals surface area contributed by atoms with Crippen LogP contribution in [-0.4, -0.2) is 11.6 Å². The maximum Gasteiger partial charge on any atom is 0.134 e. The molecular weight excluding hydrogens is 412 g/mol. The fraction of sp³-hybridized carbons (Fsp3) is 0.143. The first-order chi connectivity index (χ1) is 15.8. The largest absolute Gasteiger partial charge is 0.494 e. The molecular formula is C28H24N2OS. The van der Waals surface area contributed by atoms with Gasteiger partial charge in [-0.2, -0.15) is 5.26 Å². The molecule has 158 valence electrons. The van der Waals surface area contributed by atoms with E-state index < -0.39 is 0 Å². The van der Waals surface area contributed by atoms with Gasteiger partial charge < -0.3 is 4.74 Å². The second-order valence-electron chi connectivity index (χ2n) is 7.42. The van der Waals surface area contributed by atoms with Gasteiger partial charge in [-0.15, -0.1) is 11.3 Å². The zero-order chi connectivity index (χ0) is 22.2. The molecule has 1 aromatic heterocycles. The minimum atomic E-state index is 0.557. The predicted molar refractivity (Wildman–Crippen MR) is 133 cm³/mol. The van der Waals surface area contributed by atoms with E-state index in [1.165, 1.54) is 22.5 Å². The number of hydrogen-bond acceptors (Lipinski definition) is 4. The van der Waals surface area contributed by atoms with Gasteiger partial charge in [0.1, 0.15) is 16.8 Å². The zero-order valence-electron chi connectivity index (χ0n) is 18.0. The van der Waals surface area contributed by atoms with Gasteiger partial charge in [0.15, 0.2) is 0 Å². The topological polar surface area (TPSA) is 45.9 Å². The van der Waals surface area contributed by atoms with Gasteiger partial charge >= 0.3 is 0 Å². The number of benzene rings is 3. The molecule has 0 aliphatic rings. The van der Waals surface area contributed by atoms with Gasteiger partial charge in [0.05, 0.1) is 17.9 Å². The Balaban J connectivity index is 1.49. The summed E-state index contributed by atoms with van der Waals surface area (Å²) in [6, 6.07) is 28.8. The molecule has 0 aliphatic heterocycles. The number of thiazole rings is 1. The summed E-state index contributed by atoms with van der Waals surface area (Å²) >= 11 is 1.49. The standard InChI is InChI=1S/C28H24N2OS/c1-2-3-17-31-26-15-9-21(10-16-26)18-25(19-29)28-30-27(20-32-28)24-13-11-23(12-14-24)22-7-5-4-6-8-22/h4-16,18,20H,2-3,17H2,1H3/b25-18+. The lowest BCUT2D eigenvalue weighted by molar-refractivity contribution is 0.309. The van der Waals surface area contributed by atoms with Crippen molar-refractivity contribution in [2.24, 2.45) is 0 Å². The van der Waals surface area contributed by atoms with Crippen LogP contribution < -0.4 is 4.74 Å². The summed E-state index contributed by atoms with van der Waals surface area (Å²) in [5.41, 5.74) is 5.79. The van der Waals surface area contributed by atoms with Crippen LogP contribution in [0, 0.1) is 11.3 Å². The third kappa shape index (κ3) is 5.32. The number of ether oxygens (including phenoxy) is 1. The number of hydrogen-bond donors (Lipinski definition) is 0. The van der Waals surface area contributed by atoms with Gasteiger partial charge in [0, 0.05) is 10.9 Å². The Kier molecular flexibility index (Phi) is 7.12. The molecule has 0 unspecified atom stereocenters. The van der Waals surface area contributed by atoms with E-state index in [9.17, 15) is 5.26 Å². The van der Waals surface area contributed by atoms with Crippen molar-refractivity contribution < 1.29 is 4.74 Å². The average Bonchev–Trinajstić information content (AvgIpc) is 3.34. The second-order valence-corrected chi connectivity index (χ2v) is 8.28. The molecule has 0 saturated carbocycles. The summed E-state index contributed by atoms with van der Waals surface area (Å²) in [4.78, 5) is 4.72. The molecule has 0 amide bonds. The van der Waals surface area contributed by atoms with E-state index in [1.807, 2.05) is 53.9 Å². The van der Waals surface area contributed by atoms with Crippen LogP contribution in [0.1, 0.15) is 30.3 Å². The molecule has 0 aliphatic carbocycles. The molecule has 0 bridgehead atoms. The van der Waals surface area contributed by atoms with E-state index in [0.29, 0.717) is 5.57 Å². The summed E-state index contributed by atoms with van der Waals surface area (Å²) in [6.07, 6.45) is 4.03. The van der Waals surface area contributed by atoms with Gasteiger partial charge in [-0.05, 0) is 41.3 Å². The van der Waals surface area contributed by atoms with E-state index in [1.54, 1.807) is 0 Å². The predicted octanol–water partition coefficient (Wildman–Crippen LogP) is 7.72. The normalized spacial score (nSPS) is 11.2. The third-order valence-electron chi connectivity index (χ3n) is 5.10. The Bertz CT molecular complexity index is 1220. The monoisotopic (exact) mass is 436 g/mol. The molecule has 0 N–H and O–H groups in total. The van der Waals surface area contributed by atoms with Crippen LogP contribution in [-0.2, 0) is 0 Å². The zero-order valence-corrected chi connectivity index (χ0v) is 18.8. The fourth-order valence-corrected chi connectivity index (χ4v) is 4.09. The summed E-state index contributed by atoms with van der Waals surface area (Å²) in [7, 11) is 0. The summed E-state index contributed by atoms with van der Waals surface area (Å²) < 4.78 is 5.71. The molecule has 0 spiro atoms. The smallest absolute Gasteiger partial charge is 0.134 e. The highest BCUT2D eigenvalue weighted by atomic mass is 32.1. The molecule has 4 rings (SSSR count). The van der Waals surface area contributed by atoms with Crippen molar-refractivity contribution in [3.05, 3.63) is 94.8 Å². The molecule has 32 heavy (non-hydrogen) atoms. The Labute approximate surface area is 193 Å². The van der Waals surface area contributed by atoms with Gasteiger partial charge in [0.2, 0.25) is 0 Å². The van der Waals surface area contributed by atoms with Crippen molar-refractivity contribution in [3.63, 3.8) is 0 Å². The van der Waals surface area contributed by atoms with Gasteiger partial charge in [-0.3, -0.25) is 0 Å². The Morgan fingerprint density at radius 3 is 2.31 bits per heavy atom. The first kappa shape index (κ1) is 21.5. The van der Waals surface area contributed by atoms with E-state index >= 15 is 0 Å². The maximum atomic E-state index is 9.70. The molecule has 0 fully saturated rings. The van der Waals surface area contributed by atoms with Crippen molar-refractivity contribution >= 4 is 23.0 Å². The van der Waals surface area contributed by atoms with Crippen molar-refractivity contribution in [1.82, 2.24) is 4.98 Å². The first-order valence-electron chi connectivity index (χ1n) is 10.7. The minimum Gasteiger partial charge on any atom is -0.494 e. The highest BCUT2D eigenvalue weighted by Crippen LogP contribution is 2.29. The van der Waals surface area contributed by atoms with Crippen LogP contribution in [0.4, 0.5) is 0 Å². The van der Waals surface area contributed by atoms with Crippen LogP contribution >= 0.6 is 11.3 Å². The molecule has 1 heterocycles. The number of nitriles is 1. The third-order valence-corrected chi connectivity index (χ3v) is 5.98. The Hall–Kier alpha value is -3.68. The lowest BCUT2D eigenvalue weighted by atomic mass is 10.0. The Morgan fingerprint density at radius 2 is 1.62 bits per heavy atom. The number of unbranched alkanes of at least 4 members (excludes halogenated alkanes) is 1. The maximum absolute atomic E-state index is 9.70. The van der Waals surface area contributed by atoms with Gasteiger partial charge in [-0.1, -0.05) is 80.1 Å². The SMILES string of the molecule is CCCCOc1ccc(/C=C(\C#N)c2nc(-c3ccc(-c4ccccc4)cc3)cs2)cc1. The average molecular weight is 437 g/mol. The highest BCUT2D eigenvalue weighted by Gasteiger charge is 2.10. The van der Waals surface area contributed by atoms with E-state index in [-0.39, 0.29) is 0 Å². The molecule has 0 saturated heterocycles. The lowest BCUT2D eigenvalue weighted by Crippen LogP contribution is -1.95. The Morgan fingerprint density at radius 1 is 0.938 bits per heavy atom. The minimum absolute atomic E-state index is 0.557. The number of allylic oxidation sites excluding steroid dienone is 1. The van der Waals surface area contributed by atoms with Crippen LogP contribution in [0.5, 0.6) is 5.75 Å². The highest BCUT2D eigenvalue weighted by molar-refractivity contribution is 7.11. The van der Waals surface area contributed by atoms with Crippen molar-refractivity contribution in [3.8, 4) is 34.2 Å². The van der Waals surface area contributed by atoms with E-state index in [4.69, 9.17) is 9.72 Å². The van der Waals surface area contributed by atoms with Gasteiger partial charge in [-0.25, -0.2) is 4.98 Å². The summed E-state index contributed by atoms with van der Waals surface area (Å²) in [5.74, 6) is 0.851. The van der Waals surface area contributed by atoms with Crippen LogP contribution in [0.3, 0.4) is 0 Å². The van der Waals surface area contributed by atoms with Crippen molar-refractivity contribution in [2.75, 3.05) is 6.61 Å². The quantitative estimate of drug-likeness (QED) is 0.210. The van der Waals surface area contributed by atoms with E-state index in [2.05, 4.69) is 49.4 Å². The van der Waals surface area contributed by atoms with Crippen LogP contribution in [0.25, 0.3) is 34.0 Å². The van der Waals surface area contributed by atoms with Crippen LogP contribution in [0.2, 0.25) is 0 Å². The van der Waals surface area contributed by atoms with E-state index in [0.717, 1.165) is 47.0 Å². The van der Waals surface area contributed by atoms with Gasteiger partial charge in [0.25, 0.3) is 0 Å². The lowest BCUT2D eigenvalue weighted by Gasteiger charge is -2.05. The summed E-state index contributed by atoms with van der Waals surface area (Å²) in [5, 5.41) is 12.4. The number of aromatic nitrogens is 1.